The third-order valence-corrected chi connectivity index (χ3v) is 1.02. The molecule has 0 spiro atoms. The summed E-state index contributed by atoms with van der Waals surface area (Å²) in [6, 6.07) is 0. The van der Waals surface area contributed by atoms with E-state index >= 15 is 0 Å². The van der Waals surface area contributed by atoms with E-state index in [1.165, 1.54) is 0 Å². The molecule has 0 N–H and O–H groups in total. The molecule has 1 unspecified atom stereocenters. The van der Waals surface area contributed by atoms with Gasteiger partial charge < -0.3 is 5.21 Å². The fourth-order valence-corrected chi connectivity index (χ4v) is 0.613. The van der Waals surface area contributed by atoms with Crippen LogP contribution in [0.3, 0.4) is 0 Å². The molecule has 1 heterocycles. The van der Waals surface area contributed by atoms with Crippen molar-refractivity contribution in [1.82, 2.24) is 0 Å². The minimum atomic E-state index is 0.470. The van der Waals surface area contributed by atoms with Gasteiger partial charge in [0.2, 0.25) is 0 Å². The highest BCUT2D eigenvalue weighted by Crippen LogP contribution is 2.02. The fraction of sp³-hybridized carbons (Fsp3) is 1.00. The van der Waals surface area contributed by atoms with Gasteiger partial charge >= 0.3 is 0 Å². The van der Waals surface area contributed by atoms with Crippen LogP contribution < -0.4 is 0 Å². The first-order chi connectivity index (χ1) is 3.29. The summed E-state index contributed by atoms with van der Waals surface area (Å²) < 4.78 is 0. The first kappa shape index (κ1) is 4.56. The van der Waals surface area contributed by atoms with Crippen LogP contribution in [0.2, 0.25) is 0 Å². The summed E-state index contributed by atoms with van der Waals surface area (Å²) in [6.07, 6.45) is 0. The topological polar surface area (TPSA) is 38.4 Å². The number of nitrogens with zero attached hydrogens (tertiary/aromatic N) is 2. The van der Waals surface area contributed by atoms with E-state index in [4.69, 9.17) is 0 Å². The lowest BCUT2D eigenvalue weighted by Crippen LogP contribution is -2.02. The quantitative estimate of drug-likeness (QED) is 0.324. The molecule has 1 rings (SSSR count). The third-order valence-electron chi connectivity index (χ3n) is 1.02. The standard InChI is InChI=1S/C4H8N2O/c1-4-2-5-6(7)3-4/h4H,2-3H2,1H3. The SMILES string of the molecule is CC1CN=[N+]([O-])C1. The second-order valence-electron chi connectivity index (χ2n) is 1.96. The molecule has 0 fully saturated rings. The Hall–Kier alpha value is -0.600. The van der Waals surface area contributed by atoms with Crippen molar-refractivity contribution in [3.05, 3.63) is 5.21 Å². The Kier molecular flexibility index (Phi) is 0.964. The van der Waals surface area contributed by atoms with Crippen LogP contribution in [-0.4, -0.2) is 18.0 Å². The van der Waals surface area contributed by atoms with Crippen LogP contribution in [0.15, 0.2) is 5.11 Å². The van der Waals surface area contributed by atoms with Crippen LogP contribution >= 0.6 is 0 Å². The molecule has 7 heavy (non-hydrogen) atoms. The second kappa shape index (κ2) is 1.48. The minimum Gasteiger partial charge on any atom is -0.600 e. The van der Waals surface area contributed by atoms with E-state index < -0.39 is 0 Å². The average Bonchev–Trinajstić information content (AvgIpc) is 1.87. The smallest absolute Gasteiger partial charge is 0.185 e. The highest BCUT2D eigenvalue weighted by Gasteiger charge is 2.14. The summed E-state index contributed by atoms with van der Waals surface area (Å²) in [7, 11) is 0. The van der Waals surface area contributed by atoms with Gasteiger partial charge in [0.25, 0.3) is 0 Å². The van der Waals surface area contributed by atoms with Crippen LogP contribution in [0.25, 0.3) is 0 Å². The summed E-state index contributed by atoms with van der Waals surface area (Å²) >= 11 is 0. The molecule has 3 nitrogen and oxygen atoms in total. The van der Waals surface area contributed by atoms with Crippen LogP contribution in [0, 0.1) is 11.1 Å². The number of rotatable bonds is 0. The molecule has 0 saturated heterocycles. The van der Waals surface area contributed by atoms with E-state index in [1.807, 2.05) is 6.92 Å². The van der Waals surface area contributed by atoms with E-state index in [0.717, 1.165) is 4.86 Å². The zero-order chi connectivity index (χ0) is 5.28. The first-order valence-corrected chi connectivity index (χ1v) is 2.41. The van der Waals surface area contributed by atoms with E-state index in [-0.39, 0.29) is 0 Å². The Balaban J connectivity index is 2.42. The highest BCUT2D eigenvalue weighted by atomic mass is 16.5. The molecule has 0 radical (unpaired) electrons. The third kappa shape index (κ3) is 0.885. The number of hydrogen-bond acceptors (Lipinski definition) is 2. The zero-order valence-electron chi connectivity index (χ0n) is 4.29. The Labute approximate surface area is 42.2 Å². The number of hydroxylamine groups is 1. The van der Waals surface area contributed by atoms with Crippen LogP contribution in [0.4, 0.5) is 0 Å². The minimum absolute atomic E-state index is 0.470. The van der Waals surface area contributed by atoms with Crippen molar-refractivity contribution in [3.63, 3.8) is 0 Å². The van der Waals surface area contributed by atoms with Gasteiger partial charge in [0.15, 0.2) is 6.54 Å². The summed E-state index contributed by atoms with van der Waals surface area (Å²) in [6.45, 7) is 3.31. The first-order valence-electron chi connectivity index (χ1n) is 2.41. The predicted molar refractivity (Wildman–Crippen MR) is 25.0 cm³/mol. The summed E-state index contributed by atoms with van der Waals surface area (Å²) in [5.41, 5.74) is 0. The molecule has 0 aliphatic carbocycles. The molecule has 0 aromatic carbocycles. The molecule has 1 atom stereocenters. The Morgan fingerprint density at radius 3 is 2.71 bits per heavy atom. The molecule has 0 amide bonds. The van der Waals surface area contributed by atoms with Crippen LogP contribution in [-0.2, 0) is 0 Å². The fourth-order valence-electron chi connectivity index (χ4n) is 0.613. The molecule has 40 valence electrons. The molecule has 0 aromatic rings. The van der Waals surface area contributed by atoms with Gasteiger partial charge in [0, 0.05) is 5.92 Å². The van der Waals surface area contributed by atoms with Crippen LogP contribution in [0.1, 0.15) is 6.92 Å². The molecule has 3 heteroatoms. The molecular formula is C4H8N2O. The maximum absolute atomic E-state index is 10.2. The summed E-state index contributed by atoms with van der Waals surface area (Å²) in [4.78, 5) is 0.755. The average molecular weight is 100 g/mol. The van der Waals surface area contributed by atoms with E-state index in [2.05, 4.69) is 5.11 Å². The zero-order valence-corrected chi connectivity index (χ0v) is 4.29. The van der Waals surface area contributed by atoms with Gasteiger partial charge in [-0.05, 0) is 5.11 Å². The Morgan fingerprint density at radius 1 is 1.86 bits per heavy atom. The lowest BCUT2D eigenvalue weighted by atomic mass is 10.2. The lowest BCUT2D eigenvalue weighted by molar-refractivity contribution is -0.517. The molecule has 1 aliphatic rings. The highest BCUT2D eigenvalue weighted by molar-refractivity contribution is 4.53. The van der Waals surface area contributed by atoms with Gasteiger partial charge in [0.1, 0.15) is 6.54 Å². The second-order valence-corrected chi connectivity index (χ2v) is 1.96. The molecule has 0 bridgehead atoms. The van der Waals surface area contributed by atoms with Crippen molar-refractivity contribution in [1.29, 1.82) is 0 Å². The van der Waals surface area contributed by atoms with Crippen molar-refractivity contribution >= 4 is 0 Å². The van der Waals surface area contributed by atoms with Crippen molar-refractivity contribution in [2.45, 2.75) is 6.92 Å². The monoisotopic (exact) mass is 100 g/mol. The molecular weight excluding hydrogens is 92.1 g/mol. The van der Waals surface area contributed by atoms with Gasteiger partial charge in [0.05, 0.1) is 0 Å². The number of azo groups is 1. The van der Waals surface area contributed by atoms with Crippen molar-refractivity contribution in [3.8, 4) is 0 Å². The van der Waals surface area contributed by atoms with E-state index in [1.54, 1.807) is 0 Å². The predicted octanol–water partition coefficient (Wildman–Crippen LogP) is 0.599. The summed E-state index contributed by atoms with van der Waals surface area (Å²) in [5.74, 6) is 0.470. The number of hydrogen-bond donors (Lipinski definition) is 0. The van der Waals surface area contributed by atoms with Gasteiger partial charge in [-0.2, -0.15) is 0 Å². The van der Waals surface area contributed by atoms with Crippen molar-refractivity contribution in [2.24, 2.45) is 11.0 Å². The summed E-state index contributed by atoms with van der Waals surface area (Å²) in [5, 5.41) is 13.8. The molecule has 0 aromatic heterocycles. The maximum atomic E-state index is 10.2. The van der Waals surface area contributed by atoms with Crippen molar-refractivity contribution in [2.75, 3.05) is 13.1 Å². The van der Waals surface area contributed by atoms with Gasteiger partial charge in [-0.15, -0.1) is 0 Å². The Bertz CT molecular complexity index is 99.9. The molecule has 0 saturated carbocycles. The van der Waals surface area contributed by atoms with Crippen LogP contribution in [0.5, 0.6) is 0 Å². The van der Waals surface area contributed by atoms with Gasteiger partial charge in [-0.25, -0.2) is 0 Å². The maximum Gasteiger partial charge on any atom is 0.185 e. The Morgan fingerprint density at radius 2 is 2.57 bits per heavy atom. The van der Waals surface area contributed by atoms with Crippen molar-refractivity contribution < 1.29 is 4.86 Å². The lowest BCUT2D eigenvalue weighted by Gasteiger charge is -1.90. The van der Waals surface area contributed by atoms with E-state index in [0.29, 0.717) is 19.0 Å². The normalized spacial score (nSPS) is 30.4. The largest absolute Gasteiger partial charge is 0.600 e. The van der Waals surface area contributed by atoms with Gasteiger partial charge in [-0.3, -0.25) is 0 Å². The van der Waals surface area contributed by atoms with E-state index in [9.17, 15) is 5.21 Å². The van der Waals surface area contributed by atoms with Gasteiger partial charge in [-0.1, -0.05) is 11.8 Å². The molecule has 1 aliphatic heterocycles.